The van der Waals surface area contributed by atoms with Gasteiger partial charge in [0, 0.05) is 0 Å². The molecule has 1 aliphatic rings. The fraction of sp³-hybridized carbons (Fsp3) is 0.800. The Morgan fingerprint density at radius 2 is 2.07 bits per heavy atom. The molecule has 0 bridgehead atoms. The molecule has 1 aliphatic heterocycles. The van der Waals surface area contributed by atoms with E-state index < -0.39 is 11.5 Å². The zero-order chi connectivity index (χ0) is 10.8. The maximum absolute atomic E-state index is 11.5. The molecule has 80 valence electrons. The van der Waals surface area contributed by atoms with Crippen LogP contribution in [-0.4, -0.2) is 18.1 Å². The molecule has 0 radical (unpaired) electrons. The first-order chi connectivity index (χ1) is 6.48. The largest absolute Gasteiger partial charge is 0.445 e. The van der Waals surface area contributed by atoms with E-state index in [0.29, 0.717) is 0 Å². The molecule has 14 heavy (non-hydrogen) atoms. The van der Waals surface area contributed by atoms with E-state index in [1.54, 1.807) is 13.8 Å². The molecule has 0 spiro atoms. The fourth-order valence-corrected chi connectivity index (χ4v) is 1.52. The lowest BCUT2D eigenvalue weighted by Crippen LogP contribution is -2.54. The number of unbranched alkanes of at least 4 members (excludes halogenated alkanes) is 1. The summed E-state index contributed by atoms with van der Waals surface area (Å²) in [6.45, 7) is 5.67. The van der Waals surface area contributed by atoms with Crippen LogP contribution in [0.5, 0.6) is 0 Å². The number of ether oxygens (including phenoxy) is 1. The maximum atomic E-state index is 11.5. The van der Waals surface area contributed by atoms with Gasteiger partial charge in [0.1, 0.15) is 6.10 Å². The molecule has 1 N–H and O–H groups in total. The molecule has 4 heteroatoms. The van der Waals surface area contributed by atoms with Crippen LogP contribution in [0.2, 0.25) is 0 Å². The van der Waals surface area contributed by atoms with Gasteiger partial charge >= 0.3 is 6.09 Å². The van der Waals surface area contributed by atoms with E-state index >= 15 is 0 Å². The summed E-state index contributed by atoms with van der Waals surface area (Å²) in [7, 11) is 0. The Hall–Kier alpha value is -1.06. The van der Waals surface area contributed by atoms with Gasteiger partial charge in [-0.3, -0.25) is 10.1 Å². The summed E-state index contributed by atoms with van der Waals surface area (Å²) in [6.07, 6.45) is 1.85. The van der Waals surface area contributed by atoms with Crippen molar-refractivity contribution in [3.8, 4) is 0 Å². The first kappa shape index (κ1) is 11.0. The lowest BCUT2D eigenvalue weighted by Gasteiger charge is -2.36. The van der Waals surface area contributed by atoms with E-state index in [0.717, 1.165) is 19.3 Å². The number of cyclic esters (lactones) is 1. The molecule has 1 fully saturated rings. The average Bonchev–Trinajstić information content (AvgIpc) is 2.09. The van der Waals surface area contributed by atoms with Crippen molar-refractivity contribution in [1.29, 1.82) is 0 Å². The van der Waals surface area contributed by atoms with Crippen LogP contribution in [0.1, 0.15) is 40.0 Å². The smallest absolute Gasteiger partial charge is 0.414 e. The molecule has 1 atom stereocenters. The van der Waals surface area contributed by atoms with Gasteiger partial charge in [0.2, 0.25) is 5.91 Å². The standard InChI is InChI=1S/C10H17NO3/c1-4-5-6-7-10(2,3)8(12)11-9(13)14-7/h7H,4-6H2,1-3H3,(H,11,12,13). The summed E-state index contributed by atoms with van der Waals surface area (Å²) < 4.78 is 5.10. The lowest BCUT2D eigenvalue weighted by atomic mass is 9.82. The van der Waals surface area contributed by atoms with Gasteiger partial charge < -0.3 is 4.74 Å². The second-order valence-corrected chi connectivity index (χ2v) is 4.21. The highest BCUT2D eigenvalue weighted by Crippen LogP contribution is 2.30. The Kier molecular flexibility index (Phi) is 3.13. The van der Waals surface area contributed by atoms with Crippen molar-refractivity contribution in [2.75, 3.05) is 0 Å². The van der Waals surface area contributed by atoms with E-state index in [2.05, 4.69) is 12.2 Å². The van der Waals surface area contributed by atoms with Crippen LogP contribution in [0.3, 0.4) is 0 Å². The average molecular weight is 199 g/mol. The molecule has 1 heterocycles. The topological polar surface area (TPSA) is 55.4 Å². The summed E-state index contributed by atoms with van der Waals surface area (Å²) in [4.78, 5) is 22.5. The molecule has 1 unspecified atom stereocenters. The lowest BCUT2D eigenvalue weighted by molar-refractivity contribution is -0.140. The van der Waals surface area contributed by atoms with E-state index in [1.807, 2.05) is 0 Å². The van der Waals surface area contributed by atoms with Crippen LogP contribution in [0.4, 0.5) is 4.79 Å². The van der Waals surface area contributed by atoms with Crippen LogP contribution in [0.15, 0.2) is 0 Å². The number of hydrogen-bond donors (Lipinski definition) is 1. The Bertz CT molecular complexity index is 248. The second-order valence-electron chi connectivity index (χ2n) is 4.21. The van der Waals surface area contributed by atoms with Crippen molar-refractivity contribution in [2.24, 2.45) is 5.41 Å². The molecule has 0 aliphatic carbocycles. The normalized spacial score (nSPS) is 25.5. The molecular weight excluding hydrogens is 182 g/mol. The zero-order valence-corrected chi connectivity index (χ0v) is 8.92. The molecule has 0 aromatic heterocycles. The number of amides is 2. The number of alkyl carbamates (subject to hydrolysis) is 1. The second kappa shape index (κ2) is 3.98. The third-order valence-corrected chi connectivity index (χ3v) is 2.67. The Labute approximate surface area is 84.0 Å². The number of carbonyl (C=O) groups excluding carboxylic acids is 2. The molecular formula is C10H17NO3. The number of imide groups is 1. The van der Waals surface area contributed by atoms with Crippen molar-refractivity contribution in [1.82, 2.24) is 5.32 Å². The number of carbonyl (C=O) groups is 2. The van der Waals surface area contributed by atoms with Gasteiger partial charge in [-0.05, 0) is 20.3 Å². The van der Waals surface area contributed by atoms with Gasteiger partial charge in [0.05, 0.1) is 5.41 Å². The number of hydrogen-bond acceptors (Lipinski definition) is 3. The van der Waals surface area contributed by atoms with Crippen LogP contribution in [-0.2, 0) is 9.53 Å². The monoisotopic (exact) mass is 199 g/mol. The van der Waals surface area contributed by atoms with Gasteiger partial charge in [-0.1, -0.05) is 19.8 Å². The highest BCUT2D eigenvalue weighted by molar-refractivity contribution is 5.97. The van der Waals surface area contributed by atoms with Crippen molar-refractivity contribution in [3.63, 3.8) is 0 Å². The van der Waals surface area contributed by atoms with Crippen molar-refractivity contribution in [3.05, 3.63) is 0 Å². The molecule has 0 saturated carbocycles. The van der Waals surface area contributed by atoms with Crippen LogP contribution in [0, 0.1) is 5.41 Å². The van der Waals surface area contributed by atoms with Gasteiger partial charge in [-0.25, -0.2) is 4.79 Å². The first-order valence-electron chi connectivity index (χ1n) is 5.00. The van der Waals surface area contributed by atoms with Gasteiger partial charge in [-0.15, -0.1) is 0 Å². The van der Waals surface area contributed by atoms with Gasteiger partial charge in [0.25, 0.3) is 0 Å². The highest BCUT2D eigenvalue weighted by atomic mass is 16.6. The van der Waals surface area contributed by atoms with Gasteiger partial charge in [0.15, 0.2) is 0 Å². The third-order valence-electron chi connectivity index (χ3n) is 2.67. The molecule has 4 nitrogen and oxygen atoms in total. The highest BCUT2D eigenvalue weighted by Gasteiger charge is 2.43. The Morgan fingerprint density at radius 3 is 2.64 bits per heavy atom. The SMILES string of the molecule is CCCCC1OC(=O)NC(=O)C1(C)C. The summed E-state index contributed by atoms with van der Waals surface area (Å²) in [6, 6.07) is 0. The van der Waals surface area contributed by atoms with Gasteiger partial charge in [-0.2, -0.15) is 0 Å². The predicted molar refractivity (Wildman–Crippen MR) is 51.7 cm³/mol. The summed E-state index contributed by atoms with van der Waals surface area (Å²) in [5.41, 5.74) is -0.608. The summed E-state index contributed by atoms with van der Waals surface area (Å²) in [5.74, 6) is -0.241. The fourth-order valence-electron chi connectivity index (χ4n) is 1.52. The van der Waals surface area contributed by atoms with E-state index in [4.69, 9.17) is 4.74 Å². The zero-order valence-electron chi connectivity index (χ0n) is 8.92. The quantitative estimate of drug-likeness (QED) is 0.754. The molecule has 2 amide bonds. The van der Waals surface area contributed by atoms with Crippen molar-refractivity contribution < 1.29 is 14.3 Å². The number of rotatable bonds is 3. The van der Waals surface area contributed by atoms with Crippen molar-refractivity contribution >= 4 is 12.0 Å². The summed E-state index contributed by atoms with van der Waals surface area (Å²) >= 11 is 0. The molecule has 1 saturated heterocycles. The van der Waals surface area contributed by atoms with E-state index in [1.165, 1.54) is 0 Å². The third kappa shape index (κ3) is 2.05. The van der Waals surface area contributed by atoms with E-state index in [-0.39, 0.29) is 12.0 Å². The molecule has 0 aromatic carbocycles. The predicted octanol–water partition coefficient (Wildman–Crippen LogP) is 1.84. The molecule has 1 rings (SSSR count). The van der Waals surface area contributed by atoms with E-state index in [9.17, 15) is 9.59 Å². The Morgan fingerprint density at radius 1 is 1.43 bits per heavy atom. The number of nitrogens with one attached hydrogen (secondary N) is 1. The van der Waals surface area contributed by atoms with Crippen LogP contribution < -0.4 is 5.32 Å². The minimum atomic E-state index is -0.615. The Balaban J connectivity index is 2.69. The van der Waals surface area contributed by atoms with Crippen LogP contribution in [0.25, 0.3) is 0 Å². The van der Waals surface area contributed by atoms with Crippen LogP contribution >= 0.6 is 0 Å². The minimum Gasteiger partial charge on any atom is -0.445 e. The van der Waals surface area contributed by atoms with Crippen molar-refractivity contribution in [2.45, 2.75) is 46.1 Å². The minimum absolute atomic E-state index is 0.241. The maximum Gasteiger partial charge on any atom is 0.414 e. The first-order valence-corrected chi connectivity index (χ1v) is 5.00. The molecule has 0 aromatic rings. The summed E-state index contributed by atoms with van der Waals surface area (Å²) in [5, 5.41) is 2.18.